The first-order chi connectivity index (χ1) is 8.87. The van der Waals surface area contributed by atoms with Crippen molar-refractivity contribution >= 4 is 31.3 Å². The first-order valence-electron chi connectivity index (χ1n) is 6.79. The lowest BCUT2D eigenvalue weighted by Gasteiger charge is -2.37. The van der Waals surface area contributed by atoms with Crippen molar-refractivity contribution in [2.75, 3.05) is 19.4 Å². The second-order valence-corrected chi connectivity index (χ2v) is 19.2. The normalized spacial score (nSPS) is 13.2. The van der Waals surface area contributed by atoms with Crippen molar-refractivity contribution in [3.8, 4) is 0 Å². The number of aliphatic hydroxyl groups excluding tert-OH is 1. The second kappa shape index (κ2) is 7.71. The standard InChI is InChI=1S/C11H29NO5Si3/c1-18(2,3)16-20(6,7)17-19(4,5)10-12-11(14)15-9-8-13/h13H,8-10H2,1-7H3,(H,12,14). The number of hydrogen-bond acceptors (Lipinski definition) is 5. The molecule has 0 unspecified atom stereocenters. The molecule has 0 aliphatic heterocycles. The fraction of sp³-hybridized carbons (Fsp3) is 0.909. The van der Waals surface area contributed by atoms with Gasteiger partial charge in [0.2, 0.25) is 0 Å². The molecule has 0 heterocycles. The lowest BCUT2D eigenvalue weighted by atomic mass is 10.8. The fourth-order valence-corrected chi connectivity index (χ4v) is 14.6. The summed E-state index contributed by atoms with van der Waals surface area (Å²) in [5.74, 6) is 0. The third kappa shape index (κ3) is 10.6. The minimum Gasteiger partial charge on any atom is -0.447 e. The Morgan fingerprint density at radius 3 is 2.05 bits per heavy atom. The van der Waals surface area contributed by atoms with Gasteiger partial charge in [0.05, 0.1) is 6.61 Å². The van der Waals surface area contributed by atoms with Gasteiger partial charge < -0.3 is 23.4 Å². The minimum absolute atomic E-state index is 0.00759. The van der Waals surface area contributed by atoms with Gasteiger partial charge in [-0.15, -0.1) is 0 Å². The minimum atomic E-state index is -2.18. The van der Waals surface area contributed by atoms with Crippen molar-refractivity contribution in [1.29, 1.82) is 0 Å². The van der Waals surface area contributed by atoms with E-state index in [1.165, 1.54) is 0 Å². The Balaban J connectivity index is 4.33. The van der Waals surface area contributed by atoms with Crippen LogP contribution in [0.1, 0.15) is 0 Å². The summed E-state index contributed by atoms with van der Waals surface area (Å²) in [5, 5.41) is 11.3. The van der Waals surface area contributed by atoms with E-state index in [0.717, 1.165) is 0 Å². The summed E-state index contributed by atoms with van der Waals surface area (Å²) in [5.41, 5.74) is 0. The summed E-state index contributed by atoms with van der Waals surface area (Å²) >= 11 is 0. The zero-order chi connectivity index (χ0) is 16.0. The number of rotatable bonds is 8. The molecule has 120 valence electrons. The molecular weight excluding hydrogens is 310 g/mol. The molecule has 1 amide bonds. The van der Waals surface area contributed by atoms with Crippen LogP contribution in [0.5, 0.6) is 0 Å². The maximum atomic E-state index is 11.4. The van der Waals surface area contributed by atoms with Crippen LogP contribution in [-0.4, -0.2) is 55.8 Å². The number of nitrogens with one attached hydrogen (secondary N) is 1. The molecule has 0 aromatic heterocycles. The van der Waals surface area contributed by atoms with E-state index in [9.17, 15) is 4.79 Å². The maximum absolute atomic E-state index is 11.4. The van der Waals surface area contributed by atoms with Gasteiger partial charge in [0, 0.05) is 6.17 Å². The number of ether oxygens (including phenoxy) is 1. The van der Waals surface area contributed by atoms with Gasteiger partial charge in [0.1, 0.15) is 6.61 Å². The molecule has 0 atom stereocenters. The van der Waals surface area contributed by atoms with Crippen LogP contribution in [0.2, 0.25) is 45.8 Å². The smallest absolute Gasteiger partial charge is 0.407 e. The lowest BCUT2D eigenvalue weighted by molar-refractivity contribution is 0.120. The highest BCUT2D eigenvalue weighted by Crippen LogP contribution is 2.19. The van der Waals surface area contributed by atoms with Gasteiger partial charge in [-0.2, -0.15) is 0 Å². The van der Waals surface area contributed by atoms with Crippen LogP contribution in [-0.2, 0) is 13.0 Å². The SMILES string of the molecule is C[Si](C)(C)O[Si](C)(C)O[Si](C)(C)CNC(=O)OCCO. The Morgan fingerprint density at radius 2 is 1.60 bits per heavy atom. The van der Waals surface area contributed by atoms with E-state index in [1.807, 2.05) is 26.2 Å². The molecule has 0 rings (SSSR count). The zero-order valence-electron chi connectivity index (χ0n) is 13.7. The molecule has 0 saturated heterocycles. The molecule has 0 spiro atoms. The van der Waals surface area contributed by atoms with Crippen molar-refractivity contribution in [3.05, 3.63) is 0 Å². The topological polar surface area (TPSA) is 77.0 Å². The van der Waals surface area contributed by atoms with E-state index >= 15 is 0 Å². The number of amides is 1. The Morgan fingerprint density at radius 1 is 1.05 bits per heavy atom. The molecule has 0 fully saturated rings. The summed E-state index contributed by atoms with van der Waals surface area (Å²) in [6.45, 7) is 14.4. The summed E-state index contributed by atoms with van der Waals surface area (Å²) in [7, 11) is -5.87. The van der Waals surface area contributed by atoms with Crippen LogP contribution in [0.4, 0.5) is 4.79 Å². The average Bonchev–Trinajstić information content (AvgIpc) is 2.18. The lowest BCUT2D eigenvalue weighted by Crippen LogP contribution is -2.55. The number of alkyl carbamates (subject to hydrolysis) is 1. The van der Waals surface area contributed by atoms with E-state index in [4.69, 9.17) is 18.1 Å². The van der Waals surface area contributed by atoms with Crippen LogP contribution >= 0.6 is 0 Å². The summed E-state index contributed by atoms with van der Waals surface area (Å²) in [6, 6.07) is 0. The quantitative estimate of drug-likeness (QED) is 0.662. The summed E-state index contributed by atoms with van der Waals surface area (Å²) < 4.78 is 17.1. The molecule has 9 heteroatoms. The van der Waals surface area contributed by atoms with Crippen molar-refractivity contribution in [1.82, 2.24) is 5.32 Å². The number of carbonyl (C=O) groups excluding carboxylic acids is 1. The summed E-state index contributed by atoms with van der Waals surface area (Å²) in [4.78, 5) is 11.4. The van der Waals surface area contributed by atoms with E-state index in [1.54, 1.807) is 0 Å². The number of aliphatic hydroxyl groups is 1. The molecule has 0 saturated carbocycles. The molecule has 0 radical (unpaired) electrons. The predicted molar refractivity (Wildman–Crippen MR) is 86.9 cm³/mol. The molecule has 0 aromatic carbocycles. The Labute approximate surface area is 125 Å². The zero-order valence-corrected chi connectivity index (χ0v) is 16.7. The van der Waals surface area contributed by atoms with Crippen LogP contribution in [0.3, 0.4) is 0 Å². The molecule has 0 bridgehead atoms. The highest BCUT2D eigenvalue weighted by molar-refractivity contribution is 6.87. The van der Waals surface area contributed by atoms with Gasteiger partial charge in [0.15, 0.2) is 16.6 Å². The predicted octanol–water partition coefficient (Wildman–Crippen LogP) is 2.02. The number of carbonyl (C=O) groups is 1. The van der Waals surface area contributed by atoms with Gasteiger partial charge in [-0.25, -0.2) is 4.79 Å². The molecule has 0 aliphatic rings. The third-order valence-corrected chi connectivity index (χ3v) is 11.7. The van der Waals surface area contributed by atoms with Crippen LogP contribution < -0.4 is 5.32 Å². The van der Waals surface area contributed by atoms with Gasteiger partial charge in [-0.3, -0.25) is 0 Å². The molecular formula is C11H29NO5Si3. The molecule has 0 aromatic rings. The van der Waals surface area contributed by atoms with Crippen LogP contribution in [0, 0.1) is 0 Å². The van der Waals surface area contributed by atoms with E-state index < -0.39 is 31.3 Å². The van der Waals surface area contributed by atoms with Crippen molar-refractivity contribution in [2.45, 2.75) is 45.8 Å². The highest BCUT2D eigenvalue weighted by atomic mass is 28.5. The van der Waals surface area contributed by atoms with Gasteiger partial charge in [0.25, 0.3) is 0 Å². The van der Waals surface area contributed by atoms with Crippen LogP contribution in [0.15, 0.2) is 0 Å². The molecule has 6 nitrogen and oxygen atoms in total. The van der Waals surface area contributed by atoms with Gasteiger partial charge >= 0.3 is 14.7 Å². The Kier molecular flexibility index (Phi) is 7.63. The average molecular weight is 340 g/mol. The van der Waals surface area contributed by atoms with Crippen molar-refractivity contribution in [3.63, 3.8) is 0 Å². The Hall–Kier alpha value is -0.199. The van der Waals surface area contributed by atoms with Gasteiger partial charge in [-0.1, -0.05) is 0 Å². The van der Waals surface area contributed by atoms with Crippen molar-refractivity contribution in [2.24, 2.45) is 0 Å². The Bertz CT molecular complexity index is 318. The van der Waals surface area contributed by atoms with Crippen molar-refractivity contribution < 1.29 is 22.9 Å². The summed E-state index contributed by atoms with van der Waals surface area (Å²) in [6.07, 6.45) is -0.0586. The largest absolute Gasteiger partial charge is 0.447 e. The fourth-order valence-electron chi connectivity index (χ4n) is 1.93. The van der Waals surface area contributed by atoms with Gasteiger partial charge in [-0.05, 0) is 45.8 Å². The molecule has 20 heavy (non-hydrogen) atoms. The second-order valence-electron chi connectivity index (χ2n) is 6.69. The molecule has 2 N–H and O–H groups in total. The maximum Gasteiger partial charge on any atom is 0.407 e. The first kappa shape index (κ1) is 19.8. The highest BCUT2D eigenvalue weighted by Gasteiger charge is 2.38. The monoisotopic (exact) mass is 339 g/mol. The van der Waals surface area contributed by atoms with E-state index in [0.29, 0.717) is 6.17 Å². The van der Waals surface area contributed by atoms with E-state index in [2.05, 4.69) is 25.0 Å². The van der Waals surface area contributed by atoms with Crippen LogP contribution in [0.25, 0.3) is 0 Å². The molecule has 0 aliphatic carbocycles. The number of hydrogen-bond donors (Lipinski definition) is 2. The first-order valence-corrected chi connectivity index (χ1v) is 16.1. The third-order valence-electron chi connectivity index (χ3n) is 2.06. The van der Waals surface area contributed by atoms with E-state index in [-0.39, 0.29) is 13.2 Å².